The molecule has 0 unspecified atom stereocenters. The van der Waals surface area contributed by atoms with Gasteiger partial charge in [0.1, 0.15) is 11.5 Å². The second-order valence-corrected chi connectivity index (χ2v) is 7.31. The fourth-order valence-electron chi connectivity index (χ4n) is 3.68. The highest BCUT2D eigenvalue weighted by Crippen LogP contribution is 2.34. The Balaban J connectivity index is 1.73. The monoisotopic (exact) mass is 391 g/mol. The van der Waals surface area contributed by atoms with E-state index in [1.807, 2.05) is 36.4 Å². The molecule has 0 aliphatic carbocycles. The Bertz CT molecular complexity index is 1290. The largest absolute Gasteiger partial charge is 0.497 e. The molecule has 4 heteroatoms. The number of hydrogen-bond donors (Lipinski definition) is 1. The van der Waals surface area contributed by atoms with Crippen LogP contribution in [0.1, 0.15) is 22.3 Å². The maximum absolute atomic E-state index is 5.31. The van der Waals surface area contributed by atoms with E-state index in [4.69, 9.17) is 14.8 Å². The summed E-state index contributed by atoms with van der Waals surface area (Å²) in [6, 6.07) is 28.8. The Hall–Kier alpha value is -3.92. The molecule has 0 radical (unpaired) electrons. The number of nitrogens with one attached hydrogen (secondary N) is 1. The van der Waals surface area contributed by atoms with Gasteiger partial charge in [-0.05, 0) is 42.6 Å². The minimum atomic E-state index is 0.733. The quantitative estimate of drug-likeness (QED) is 0.495. The normalized spacial score (nSPS) is 13.0. The van der Waals surface area contributed by atoms with Crippen molar-refractivity contribution < 1.29 is 4.74 Å². The molecule has 0 fully saturated rings. The maximum atomic E-state index is 5.31. The molecule has 4 aromatic rings. The Labute approximate surface area is 175 Å². The van der Waals surface area contributed by atoms with E-state index in [0.29, 0.717) is 0 Å². The average molecular weight is 391 g/mol. The molecule has 1 heterocycles. The number of rotatable bonds is 3. The van der Waals surface area contributed by atoms with Gasteiger partial charge in [-0.1, -0.05) is 60.2 Å². The average Bonchev–Trinajstić information content (AvgIpc) is 3.00. The van der Waals surface area contributed by atoms with E-state index in [2.05, 4.69) is 60.9 Å². The second kappa shape index (κ2) is 7.48. The number of methoxy groups -OCH3 is 1. The van der Waals surface area contributed by atoms with Crippen molar-refractivity contribution in [3.63, 3.8) is 0 Å². The van der Waals surface area contributed by atoms with Crippen molar-refractivity contribution in [1.29, 1.82) is 0 Å². The van der Waals surface area contributed by atoms with Gasteiger partial charge in [0, 0.05) is 22.1 Å². The third-order valence-electron chi connectivity index (χ3n) is 5.34. The SMILES string of the molecule is COc1ccc(C2=NNC(c3ccc(C)cc3)=Nc3c2ccc2ccccc32)cc1. The lowest BCUT2D eigenvalue weighted by Crippen LogP contribution is -2.19. The lowest BCUT2D eigenvalue weighted by atomic mass is 9.97. The molecular weight excluding hydrogens is 370 g/mol. The first kappa shape index (κ1) is 18.1. The molecule has 1 N–H and O–H groups in total. The topological polar surface area (TPSA) is 46.0 Å². The molecule has 4 aromatic carbocycles. The first-order valence-electron chi connectivity index (χ1n) is 9.89. The van der Waals surface area contributed by atoms with Crippen LogP contribution in [0.15, 0.2) is 95.0 Å². The van der Waals surface area contributed by atoms with Gasteiger partial charge in [-0.3, -0.25) is 5.43 Å². The summed E-state index contributed by atoms with van der Waals surface area (Å²) in [6.07, 6.45) is 0. The number of aryl methyl sites for hydroxylation is 1. The van der Waals surface area contributed by atoms with Crippen LogP contribution >= 0.6 is 0 Å². The highest BCUT2D eigenvalue weighted by molar-refractivity contribution is 6.21. The summed E-state index contributed by atoms with van der Waals surface area (Å²) < 4.78 is 5.31. The van der Waals surface area contributed by atoms with Crippen LogP contribution in [0.5, 0.6) is 5.75 Å². The minimum absolute atomic E-state index is 0.733. The van der Waals surface area contributed by atoms with Crippen molar-refractivity contribution >= 4 is 28.0 Å². The summed E-state index contributed by atoms with van der Waals surface area (Å²) in [4.78, 5) is 5.04. The van der Waals surface area contributed by atoms with Crippen LogP contribution < -0.4 is 10.2 Å². The highest BCUT2D eigenvalue weighted by atomic mass is 16.5. The molecule has 30 heavy (non-hydrogen) atoms. The van der Waals surface area contributed by atoms with E-state index in [1.165, 1.54) is 5.56 Å². The Morgan fingerprint density at radius 2 is 1.50 bits per heavy atom. The van der Waals surface area contributed by atoms with E-state index in [1.54, 1.807) is 7.11 Å². The van der Waals surface area contributed by atoms with Gasteiger partial charge in [-0.2, -0.15) is 5.10 Å². The van der Waals surface area contributed by atoms with Crippen molar-refractivity contribution in [2.45, 2.75) is 6.92 Å². The summed E-state index contributed by atoms with van der Waals surface area (Å²) in [5.74, 6) is 1.55. The molecule has 0 saturated heterocycles. The summed E-state index contributed by atoms with van der Waals surface area (Å²) in [7, 11) is 1.67. The Morgan fingerprint density at radius 1 is 0.767 bits per heavy atom. The van der Waals surface area contributed by atoms with E-state index in [0.717, 1.165) is 50.4 Å². The van der Waals surface area contributed by atoms with Crippen LogP contribution in [-0.2, 0) is 0 Å². The summed E-state index contributed by atoms with van der Waals surface area (Å²) in [6.45, 7) is 2.08. The Kier molecular flexibility index (Phi) is 4.52. The van der Waals surface area contributed by atoms with Gasteiger partial charge in [-0.15, -0.1) is 0 Å². The Morgan fingerprint density at radius 3 is 2.27 bits per heavy atom. The summed E-state index contributed by atoms with van der Waals surface area (Å²) in [5.41, 5.74) is 9.19. The lowest BCUT2D eigenvalue weighted by Gasteiger charge is -2.11. The van der Waals surface area contributed by atoms with Crippen LogP contribution in [0.2, 0.25) is 0 Å². The van der Waals surface area contributed by atoms with Gasteiger partial charge >= 0.3 is 0 Å². The van der Waals surface area contributed by atoms with Crippen molar-refractivity contribution in [3.05, 3.63) is 107 Å². The maximum Gasteiger partial charge on any atom is 0.154 e. The second-order valence-electron chi connectivity index (χ2n) is 7.31. The van der Waals surface area contributed by atoms with Crippen LogP contribution in [0.3, 0.4) is 0 Å². The predicted molar refractivity (Wildman–Crippen MR) is 123 cm³/mol. The highest BCUT2D eigenvalue weighted by Gasteiger charge is 2.19. The predicted octanol–water partition coefficient (Wildman–Crippen LogP) is 5.59. The number of hydrazone groups is 1. The molecular formula is C26H21N3O. The van der Waals surface area contributed by atoms with E-state index in [9.17, 15) is 0 Å². The van der Waals surface area contributed by atoms with E-state index in [-0.39, 0.29) is 0 Å². The number of aliphatic imine (C=N–C) groups is 1. The van der Waals surface area contributed by atoms with E-state index >= 15 is 0 Å². The molecule has 0 saturated carbocycles. The van der Waals surface area contributed by atoms with Gasteiger partial charge < -0.3 is 4.74 Å². The molecule has 146 valence electrons. The number of ether oxygens (including phenoxy) is 1. The van der Waals surface area contributed by atoms with Gasteiger partial charge in [0.15, 0.2) is 5.84 Å². The van der Waals surface area contributed by atoms with Crippen LogP contribution in [-0.4, -0.2) is 18.7 Å². The fraction of sp³-hybridized carbons (Fsp3) is 0.0769. The molecule has 0 spiro atoms. The van der Waals surface area contributed by atoms with Crippen molar-refractivity contribution in [2.24, 2.45) is 10.1 Å². The number of amidine groups is 1. The molecule has 1 aliphatic heterocycles. The van der Waals surface area contributed by atoms with Gasteiger partial charge in [0.2, 0.25) is 0 Å². The van der Waals surface area contributed by atoms with Crippen LogP contribution in [0.25, 0.3) is 10.8 Å². The lowest BCUT2D eigenvalue weighted by molar-refractivity contribution is 0.415. The third kappa shape index (κ3) is 3.22. The number of hydrogen-bond acceptors (Lipinski definition) is 4. The zero-order chi connectivity index (χ0) is 20.5. The zero-order valence-electron chi connectivity index (χ0n) is 16.9. The van der Waals surface area contributed by atoms with Crippen molar-refractivity contribution in [2.75, 3.05) is 7.11 Å². The van der Waals surface area contributed by atoms with Crippen LogP contribution in [0, 0.1) is 6.92 Å². The van der Waals surface area contributed by atoms with Crippen molar-refractivity contribution in [1.82, 2.24) is 5.43 Å². The summed E-state index contributed by atoms with van der Waals surface area (Å²) >= 11 is 0. The molecule has 1 aliphatic rings. The molecule has 0 amide bonds. The molecule has 0 atom stereocenters. The standard InChI is InChI=1S/C26H21N3O/c1-17-7-9-20(10-8-17)26-27-25-22-6-4-3-5-18(22)13-16-23(25)24(28-29-26)19-11-14-21(30-2)15-12-19/h3-16H,1-2H3,(H,27,29). The van der Waals surface area contributed by atoms with Gasteiger partial charge in [0.05, 0.1) is 12.8 Å². The molecule has 0 aromatic heterocycles. The smallest absolute Gasteiger partial charge is 0.154 e. The first-order chi connectivity index (χ1) is 14.7. The molecule has 0 bridgehead atoms. The van der Waals surface area contributed by atoms with Gasteiger partial charge in [-0.25, -0.2) is 4.99 Å². The molecule has 5 rings (SSSR count). The number of benzene rings is 4. The minimum Gasteiger partial charge on any atom is -0.497 e. The zero-order valence-corrected chi connectivity index (χ0v) is 16.9. The van der Waals surface area contributed by atoms with Gasteiger partial charge in [0.25, 0.3) is 0 Å². The number of nitrogens with zero attached hydrogens (tertiary/aromatic N) is 2. The third-order valence-corrected chi connectivity index (χ3v) is 5.34. The van der Waals surface area contributed by atoms with Crippen LogP contribution in [0.4, 0.5) is 5.69 Å². The summed E-state index contributed by atoms with van der Waals surface area (Å²) in [5, 5.41) is 7.03. The first-order valence-corrected chi connectivity index (χ1v) is 9.89. The van der Waals surface area contributed by atoms with Crippen molar-refractivity contribution in [3.8, 4) is 5.75 Å². The van der Waals surface area contributed by atoms with E-state index < -0.39 is 0 Å². The molecule has 4 nitrogen and oxygen atoms in total. The fourth-order valence-corrected chi connectivity index (χ4v) is 3.68. The number of fused-ring (bicyclic) bond motifs is 3.